The summed E-state index contributed by atoms with van der Waals surface area (Å²) in [6, 6.07) is 6.46. The summed E-state index contributed by atoms with van der Waals surface area (Å²) < 4.78 is 0. The second kappa shape index (κ2) is 8.11. The Morgan fingerprint density at radius 3 is 2.32 bits per heavy atom. The molecule has 0 atom stereocenters. The molecule has 19 heavy (non-hydrogen) atoms. The lowest BCUT2D eigenvalue weighted by Gasteiger charge is -2.20. The van der Waals surface area contributed by atoms with Crippen molar-refractivity contribution in [3.05, 3.63) is 29.3 Å². The summed E-state index contributed by atoms with van der Waals surface area (Å²) >= 11 is 0. The van der Waals surface area contributed by atoms with Crippen LogP contribution in [-0.2, 0) is 0 Å². The van der Waals surface area contributed by atoms with Gasteiger partial charge < -0.3 is 0 Å². The monoisotopic (exact) mass is 260 g/mol. The largest absolute Gasteiger partial charge is 0.298 e. The molecule has 1 aromatic rings. The number of aliphatic imine (C=N–C) groups is 1. The Bertz CT molecular complexity index is 415. The van der Waals surface area contributed by atoms with E-state index in [0.717, 1.165) is 25.3 Å². The molecule has 2 nitrogen and oxygen atoms in total. The molecule has 1 aromatic carbocycles. The highest BCUT2D eigenvalue weighted by Crippen LogP contribution is 2.20. The van der Waals surface area contributed by atoms with E-state index in [1.165, 1.54) is 29.7 Å². The fraction of sp³-hybridized carbons (Fsp3) is 0.588. The summed E-state index contributed by atoms with van der Waals surface area (Å²) in [5.41, 5.74) is 4.85. The molecule has 0 aromatic heterocycles. The van der Waals surface area contributed by atoms with E-state index >= 15 is 0 Å². The van der Waals surface area contributed by atoms with Gasteiger partial charge in [-0.1, -0.05) is 26.0 Å². The lowest BCUT2D eigenvalue weighted by molar-refractivity contribution is 0.312. The summed E-state index contributed by atoms with van der Waals surface area (Å²) in [5, 5.41) is 0. The molecule has 106 valence electrons. The molecule has 0 aliphatic heterocycles. The molecule has 0 aliphatic carbocycles. The molecule has 0 unspecified atom stereocenters. The SMILES string of the molecule is CCCN(CCC)C/C(C)=N/c1cc(C)ccc1C. The predicted octanol–water partition coefficient (Wildman–Crippen LogP) is 4.52. The van der Waals surface area contributed by atoms with Gasteiger partial charge in [0.05, 0.1) is 5.69 Å². The third kappa shape index (κ3) is 5.56. The highest BCUT2D eigenvalue weighted by Gasteiger charge is 2.05. The van der Waals surface area contributed by atoms with Crippen molar-refractivity contribution in [2.75, 3.05) is 19.6 Å². The Hall–Kier alpha value is -1.15. The van der Waals surface area contributed by atoms with Gasteiger partial charge in [-0.3, -0.25) is 9.89 Å². The zero-order chi connectivity index (χ0) is 14.3. The van der Waals surface area contributed by atoms with Crippen molar-refractivity contribution in [1.29, 1.82) is 0 Å². The van der Waals surface area contributed by atoms with Crippen LogP contribution in [0.3, 0.4) is 0 Å². The minimum Gasteiger partial charge on any atom is -0.298 e. The first-order valence-corrected chi connectivity index (χ1v) is 7.40. The fourth-order valence-electron chi connectivity index (χ4n) is 2.31. The molecular weight excluding hydrogens is 232 g/mol. The Morgan fingerprint density at radius 2 is 1.74 bits per heavy atom. The lowest BCUT2D eigenvalue weighted by atomic mass is 10.1. The van der Waals surface area contributed by atoms with Gasteiger partial charge in [-0.15, -0.1) is 0 Å². The van der Waals surface area contributed by atoms with Gasteiger partial charge in [0.25, 0.3) is 0 Å². The Labute approximate surface area is 118 Å². The van der Waals surface area contributed by atoms with Crippen LogP contribution in [0.4, 0.5) is 5.69 Å². The smallest absolute Gasteiger partial charge is 0.0661 e. The van der Waals surface area contributed by atoms with E-state index in [4.69, 9.17) is 4.99 Å². The van der Waals surface area contributed by atoms with E-state index in [2.05, 4.69) is 57.7 Å². The number of nitrogens with zero attached hydrogens (tertiary/aromatic N) is 2. The molecule has 0 saturated heterocycles. The quantitative estimate of drug-likeness (QED) is 0.658. The van der Waals surface area contributed by atoms with E-state index in [0.29, 0.717) is 0 Å². The van der Waals surface area contributed by atoms with Crippen molar-refractivity contribution in [2.45, 2.75) is 47.5 Å². The van der Waals surface area contributed by atoms with Crippen molar-refractivity contribution in [1.82, 2.24) is 4.90 Å². The number of hydrogen-bond donors (Lipinski definition) is 0. The van der Waals surface area contributed by atoms with Crippen LogP contribution in [0.25, 0.3) is 0 Å². The van der Waals surface area contributed by atoms with Crippen molar-refractivity contribution in [3.63, 3.8) is 0 Å². The van der Waals surface area contributed by atoms with Gasteiger partial charge in [0.1, 0.15) is 0 Å². The summed E-state index contributed by atoms with van der Waals surface area (Å²) in [4.78, 5) is 7.29. The number of rotatable bonds is 7. The highest BCUT2D eigenvalue weighted by atomic mass is 15.1. The summed E-state index contributed by atoms with van der Waals surface area (Å²) in [7, 11) is 0. The van der Waals surface area contributed by atoms with Crippen LogP contribution < -0.4 is 0 Å². The molecule has 0 amide bonds. The van der Waals surface area contributed by atoms with Crippen molar-refractivity contribution >= 4 is 11.4 Å². The van der Waals surface area contributed by atoms with Crippen LogP contribution >= 0.6 is 0 Å². The van der Waals surface area contributed by atoms with E-state index in [-0.39, 0.29) is 0 Å². The Kier molecular flexibility index (Phi) is 6.79. The first kappa shape index (κ1) is 15.9. The average molecular weight is 260 g/mol. The molecule has 0 fully saturated rings. The first-order valence-electron chi connectivity index (χ1n) is 7.40. The number of aryl methyl sites for hydroxylation is 2. The maximum atomic E-state index is 4.80. The summed E-state index contributed by atoms with van der Waals surface area (Å²) in [6.07, 6.45) is 2.41. The van der Waals surface area contributed by atoms with E-state index in [9.17, 15) is 0 Å². The zero-order valence-corrected chi connectivity index (χ0v) is 13.2. The van der Waals surface area contributed by atoms with Crippen LogP contribution in [0.2, 0.25) is 0 Å². The molecule has 0 saturated carbocycles. The molecule has 0 N–H and O–H groups in total. The van der Waals surface area contributed by atoms with Gasteiger partial charge in [0.2, 0.25) is 0 Å². The summed E-state index contributed by atoms with van der Waals surface area (Å²) in [5.74, 6) is 0. The van der Waals surface area contributed by atoms with Gasteiger partial charge in [-0.25, -0.2) is 0 Å². The zero-order valence-electron chi connectivity index (χ0n) is 13.2. The molecular formula is C17H28N2. The average Bonchev–Trinajstić information content (AvgIpc) is 2.34. The van der Waals surface area contributed by atoms with Crippen molar-refractivity contribution in [2.24, 2.45) is 4.99 Å². The number of benzene rings is 1. The van der Waals surface area contributed by atoms with Crippen molar-refractivity contribution in [3.8, 4) is 0 Å². The molecule has 0 bridgehead atoms. The molecule has 0 radical (unpaired) electrons. The molecule has 2 heteroatoms. The van der Waals surface area contributed by atoms with Crippen molar-refractivity contribution < 1.29 is 0 Å². The molecule has 0 spiro atoms. The lowest BCUT2D eigenvalue weighted by Crippen LogP contribution is -2.30. The predicted molar refractivity (Wildman–Crippen MR) is 85.7 cm³/mol. The first-order chi connectivity index (χ1) is 9.06. The maximum Gasteiger partial charge on any atom is 0.0661 e. The maximum absolute atomic E-state index is 4.80. The van der Waals surface area contributed by atoms with Crippen LogP contribution in [-0.4, -0.2) is 30.2 Å². The fourth-order valence-corrected chi connectivity index (χ4v) is 2.31. The number of hydrogen-bond acceptors (Lipinski definition) is 2. The van der Waals surface area contributed by atoms with E-state index in [1.807, 2.05) is 0 Å². The standard InChI is InChI=1S/C17H28N2/c1-6-10-19(11-7-2)13-16(5)18-17-12-14(3)8-9-15(17)4/h8-9,12H,6-7,10-11,13H2,1-5H3/b18-16+. The molecule has 0 heterocycles. The van der Waals surface area contributed by atoms with Crippen LogP contribution in [0.15, 0.2) is 23.2 Å². The van der Waals surface area contributed by atoms with Gasteiger partial charge in [0.15, 0.2) is 0 Å². The minimum atomic E-state index is 0.981. The Balaban J connectivity index is 2.77. The van der Waals surface area contributed by atoms with Gasteiger partial charge in [-0.2, -0.15) is 0 Å². The van der Waals surface area contributed by atoms with Crippen LogP contribution in [0.5, 0.6) is 0 Å². The Morgan fingerprint density at radius 1 is 1.11 bits per heavy atom. The molecule has 0 aliphatic rings. The second-order valence-electron chi connectivity index (χ2n) is 5.41. The third-order valence-corrected chi connectivity index (χ3v) is 3.21. The van der Waals surface area contributed by atoms with Crippen LogP contribution in [0.1, 0.15) is 44.7 Å². The minimum absolute atomic E-state index is 0.981. The normalized spacial score (nSPS) is 12.2. The second-order valence-corrected chi connectivity index (χ2v) is 5.41. The highest BCUT2D eigenvalue weighted by molar-refractivity contribution is 5.86. The van der Waals surface area contributed by atoms with E-state index in [1.54, 1.807) is 0 Å². The van der Waals surface area contributed by atoms with Gasteiger partial charge in [-0.05, 0) is 63.9 Å². The summed E-state index contributed by atoms with van der Waals surface area (Å²) in [6.45, 7) is 14.2. The topological polar surface area (TPSA) is 15.6 Å². The third-order valence-electron chi connectivity index (χ3n) is 3.21. The van der Waals surface area contributed by atoms with E-state index < -0.39 is 0 Å². The molecule has 1 rings (SSSR count). The van der Waals surface area contributed by atoms with Gasteiger partial charge >= 0.3 is 0 Å². The van der Waals surface area contributed by atoms with Gasteiger partial charge in [0, 0.05) is 12.3 Å². The van der Waals surface area contributed by atoms with Crippen LogP contribution in [0, 0.1) is 13.8 Å².